The number of nitrogens with one attached hydrogen (secondary N) is 6. The number of rotatable bonds is 0. The summed E-state index contributed by atoms with van der Waals surface area (Å²) in [7, 11) is 0. The zero-order chi connectivity index (χ0) is 21.2. The third kappa shape index (κ3) is 21.9. The zero-order valence-corrected chi connectivity index (χ0v) is 17.5. The smallest absolute Gasteiger partial charge is 0.351 e. The monoisotopic (exact) mass is 464 g/mol. The largest absolute Gasteiger partial charge is 2.00 e. The van der Waals surface area contributed by atoms with E-state index in [1.165, 1.54) is 0 Å². The summed E-state index contributed by atoms with van der Waals surface area (Å²) in [5.74, 6) is 0. The van der Waals surface area contributed by atoms with Gasteiger partial charge in [-0.25, -0.2) is 29.9 Å². The van der Waals surface area contributed by atoms with Crippen molar-refractivity contribution in [2.45, 2.75) is 0 Å². The van der Waals surface area contributed by atoms with Crippen molar-refractivity contribution >= 4 is 0 Å². The van der Waals surface area contributed by atoms with E-state index >= 15 is 0 Å². The number of nitrogens with zero attached hydrogens (tertiary/aromatic N) is 6. The van der Waals surface area contributed by atoms with Crippen molar-refractivity contribution in [3.05, 3.63) is 112 Å². The van der Waals surface area contributed by atoms with Crippen LogP contribution in [0.4, 0.5) is 0 Å². The molecule has 0 unspecified atom stereocenters. The second kappa shape index (κ2) is 23.8. The van der Waals surface area contributed by atoms with Gasteiger partial charge in [-0.3, -0.25) is 0 Å². The molecule has 6 aromatic heterocycles. The third-order valence-corrected chi connectivity index (χ3v) is 2.44. The van der Waals surface area contributed by atoms with E-state index in [1.54, 1.807) is 112 Å². The molecule has 0 aliphatic carbocycles. The Labute approximate surface area is 189 Å². The van der Waals surface area contributed by atoms with E-state index in [0.29, 0.717) is 0 Å². The Kier molecular flexibility index (Phi) is 20.6. The van der Waals surface area contributed by atoms with Crippen LogP contribution >= 0.6 is 0 Å². The fraction of sp³-hybridized carbons (Fsp3) is 0. The van der Waals surface area contributed by atoms with Gasteiger partial charge in [0, 0.05) is 74.4 Å². The van der Waals surface area contributed by atoms with Crippen LogP contribution in [-0.4, -0.2) is 59.8 Å². The summed E-state index contributed by atoms with van der Waals surface area (Å²) in [5, 5.41) is 0. The first-order valence-corrected chi connectivity index (χ1v) is 8.56. The Morgan fingerprint density at radius 1 is 0.290 bits per heavy atom. The van der Waals surface area contributed by atoms with Crippen molar-refractivity contribution in [1.82, 2.24) is 59.8 Å². The Bertz CT molecular complexity index is 578. The summed E-state index contributed by atoms with van der Waals surface area (Å²) in [5.41, 5.74) is 0. The first kappa shape index (κ1) is 26.8. The zero-order valence-electron chi connectivity index (χ0n) is 16.4. The first-order valence-electron chi connectivity index (χ1n) is 8.56. The molecule has 6 rings (SSSR count). The summed E-state index contributed by atoms with van der Waals surface area (Å²) in [6.45, 7) is 0. The van der Waals surface area contributed by atoms with E-state index in [-0.39, 0.29) is 17.1 Å². The van der Waals surface area contributed by atoms with Gasteiger partial charge in [0.25, 0.3) is 0 Å². The van der Waals surface area contributed by atoms with Crippen molar-refractivity contribution in [3.8, 4) is 0 Å². The Hall–Kier alpha value is -4.22. The molecule has 6 heterocycles. The van der Waals surface area contributed by atoms with Crippen LogP contribution in [0.15, 0.2) is 112 Å². The van der Waals surface area contributed by atoms with Crippen LogP contribution < -0.4 is 0 Å². The molecule has 6 aromatic rings. The third-order valence-electron chi connectivity index (χ3n) is 2.44. The van der Waals surface area contributed by atoms with E-state index in [9.17, 15) is 0 Å². The van der Waals surface area contributed by atoms with Gasteiger partial charge in [-0.15, -0.1) is 0 Å². The second-order valence-electron chi connectivity index (χ2n) is 4.56. The molecule has 0 aromatic carbocycles. The van der Waals surface area contributed by atoms with Gasteiger partial charge < -0.3 is 29.9 Å². The Morgan fingerprint density at radius 3 is 0.484 bits per heavy atom. The van der Waals surface area contributed by atoms with E-state index < -0.39 is 0 Å². The molecule has 0 bridgehead atoms. The molecule has 162 valence electrons. The SMILES string of the molecule is [Fe+2].c1c[nH]cn1.c1c[nH]cn1.c1c[nH]cn1.c1c[nH]cn1.c1c[nH]cn1.c1c[nH]cn1. The maximum Gasteiger partial charge on any atom is 2.00 e. The van der Waals surface area contributed by atoms with Crippen LogP contribution in [0.3, 0.4) is 0 Å². The summed E-state index contributed by atoms with van der Waals surface area (Å²) >= 11 is 0. The van der Waals surface area contributed by atoms with Crippen molar-refractivity contribution in [3.63, 3.8) is 0 Å². The summed E-state index contributed by atoms with van der Waals surface area (Å²) in [4.78, 5) is 38.5. The number of aromatic amines is 6. The van der Waals surface area contributed by atoms with Gasteiger partial charge in [0.2, 0.25) is 0 Å². The van der Waals surface area contributed by atoms with Crippen molar-refractivity contribution in [1.29, 1.82) is 0 Å². The Morgan fingerprint density at radius 2 is 0.452 bits per heavy atom. The molecule has 12 nitrogen and oxygen atoms in total. The van der Waals surface area contributed by atoms with Crippen molar-refractivity contribution < 1.29 is 17.1 Å². The standard InChI is InChI=1S/6C3H4N2.Fe/c6*1-2-5-3-4-1;/h6*1-3H,(H,4,5);/q;;;;;;+2. The van der Waals surface area contributed by atoms with Crippen LogP contribution in [-0.2, 0) is 17.1 Å². The van der Waals surface area contributed by atoms with Crippen LogP contribution in [0.25, 0.3) is 0 Å². The minimum Gasteiger partial charge on any atom is -0.351 e. The second-order valence-corrected chi connectivity index (χ2v) is 4.56. The predicted molar refractivity (Wildman–Crippen MR) is 112 cm³/mol. The average Bonchev–Trinajstić information content (AvgIpc) is 3.69. The van der Waals surface area contributed by atoms with Crippen LogP contribution in [0.2, 0.25) is 0 Å². The number of hydrogen-bond donors (Lipinski definition) is 6. The van der Waals surface area contributed by atoms with Crippen LogP contribution in [0.5, 0.6) is 0 Å². The van der Waals surface area contributed by atoms with Gasteiger partial charge in [-0.05, 0) is 0 Å². The van der Waals surface area contributed by atoms with Gasteiger partial charge in [-0.2, -0.15) is 0 Å². The van der Waals surface area contributed by atoms with E-state index in [2.05, 4.69) is 59.8 Å². The fourth-order valence-electron chi connectivity index (χ4n) is 1.29. The molecule has 13 heteroatoms. The van der Waals surface area contributed by atoms with Gasteiger partial charge in [-0.1, -0.05) is 0 Å². The average molecular weight is 464 g/mol. The van der Waals surface area contributed by atoms with Gasteiger partial charge in [0.1, 0.15) is 0 Å². The van der Waals surface area contributed by atoms with E-state index in [0.717, 1.165) is 0 Å². The summed E-state index contributed by atoms with van der Waals surface area (Å²) < 4.78 is 0. The summed E-state index contributed by atoms with van der Waals surface area (Å²) in [6, 6.07) is 0. The van der Waals surface area contributed by atoms with Crippen LogP contribution in [0, 0.1) is 0 Å². The topological polar surface area (TPSA) is 172 Å². The molecule has 0 radical (unpaired) electrons. The maximum absolute atomic E-state index is 3.67. The molecule has 6 N–H and O–H groups in total. The molecule has 0 spiro atoms. The molecule has 0 saturated heterocycles. The van der Waals surface area contributed by atoms with E-state index in [4.69, 9.17) is 0 Å². The molecular weight excluding hydrogens is 440 g/mol. The quantitative estimate of drug-likeness (QED) is 0.188. The molecule has 0 atom stereocenters. The fourth-order valence-corrected chi connectivity index (χ4v) is 1.29. The van der Waals surface area contributed by atoms with Crippen LogP contribution in [0.1, 0.15) is 0 Å². The normalized spacial score (nSPS) is 7.74. The predicted octanol–water partition coefficient (Wildman–Crippen LogP) is 2.46. The number of imidazole rings is 6. The van der Waals surface area contributed by atoms with Gasteiger partial charge in [0.05, 0.1) is 38.0 Å². The minimum atomic E-state index is 0. The molecule has 0 saturated carbocycles. The molecule has 0 fully saturated rings. The molecule has 0 aliphatic rings. The minimum absolute atomic E-state index is 0. The Balaban J connectivity index is 0.000000346. The number of hydrogen-bond acceptors (Lipinski definition) is 6. The van der Waals surface area contributed by atoms with Gasteiger partial charge >= 0.3 is 17.1 Å². The van der Waals surface area contributed by atoms with Crippen molar-refractivity contribution in [2.24, 2.45) is 0 Å². The summed E-state index contributed by atoms with van der Waals surface area (Å²) in [6.07, 6.45) is 30.5. The van der Waals surface area contributed by atoms with E-state index in [1.807, 2.05) is 0 Å². The maximum atomic E-state index is 3.67. The molecule has 31 heavy (non-hydrogen) atoms. The van der Waals surface area contributed by atoms with Crippen molar-refractivity contribution in [2.75, 3.05) is 0 Å². The first-order chi connectivity index (χ1) is 15.0. The molecule has 0 amide bonds. The molecule has 0 aliphatic heterocycles. The number of H-pyrrole nitrogens is 6. The number of aromatic nitrogens is 12. The molecular formula is C18H24FeN12+2. The van der Waals surface area contributed by atoms with Gasteiger partial charge in [0.15, 0.2) is 0 Å².